The highest BCUT2D eigenvalue weighted by Crippen LogP contribution is 2.27. The van der Waals surface area contributed by atoms with Gasteiger partial charge in [-0.25, -0.2) is 4.98 Å². The van der Waals surface area contributed by atoms with Crippen molar-refractivity contribution in [3.8, 4) is 0 Å². The molecule has 0 spiro atoms. The van der Waals surface area contributed by atoms with E-state index in [0.717, 1.165) is 0 Å². The number of hydrogen-bond acceptors (Lipinski definition) is 3. The average Bonchev–Trinajstić information content (AvgIpc) is 1.96. The standard InChI is InChI=1S/C5H4Cl3N3/c1-9-4-2(6)3(7)10-5(8)11-4/h1H3,(H,9,10,11). The van der Waals surface area contributed by atoms with Gasteiger partial charge in [-0.1, -0.05) is 23.2 Å². The predicted octanol–water partition coefficient (Wildman–Crippen LogP) is 2.48. The van der Waals surface area contributed by atoms with Gasteiger partial charge < -0.3 is 5.32 Å². The molecule has 0 saturated carbocycles. The second-order valence-electron chi connectivity index (χ2n) is 1.70. The molecular formula is C5H4Cl3N3. The zero-order chi connectivity index (χ0) is 8.43. The molecule has 0 bridgehead atoms. The largest absolute Gasteiger partial charge is 0.372 e. The fraction of sp³-hybridized carbons (Fsp3) is 0.200. The molecule has 0 aliphatic rings. The van der Waals surface area contributed by atoms with E-state index in [2.05, 4.69) is 15.3 Å². The van der Waals surface area contributed by atoms with E-state index in [0.29, 0.717) is 5.82 Å². The van der Waals surface area contributed by atoms with Crippen LogP contribution in [0, 0.1) is 0 Å². The van der Waals surface area contributed by atoms with Gasteiger partial charge in [-0.05, 0) is 11.6 Å². The molecular weight excluding hydrogens is 208 g/mol. The van der Waals surface area contributed by atoms with Crippen molar-refractivity contribution >= 4 is 40.6 Å². The lowest BCUT2D eigenvalue weighted by molar-refractivity contribution is 1.16. The van der Waals surface area contributed by atoms with Gasteiger partial charge in [0.15, 0.2) is 11.0 Å². The van der Waals surface area contributed by atoms with Crippen molar-refractivity contribution in [2.75, 3.05) is 12.4 Å². The molecule has 6 heteroatoms. The maximum Gasteiger partial charge on any atom is 0.225 e. The van der Waals surface area contributed by atoms with Crippen LogP contribution in [0.5, 0.6) is 0 Å². The zero-order valence-corrected chi connectivity index (χ0v) is 7.80. The molecule has 1 aromatic heterocycles. The van der Waals surface area contributed by atoms with Gasteiger partial charge >= 0.3 is 0 Å². The maximum absolute atomic E-state index is 5.69. The van der Waals surface area contributed by atoms with Crippen molar-refractivity contribution in [2.45, 2.75) is 0 Å². The van der Waals surface area contributed by atoms with Crippen LogP contribution >= 0.6 is 34.8 Å². The Morgan fingerprint density at radius 3 is 2.36 bits per heavy atom. The first-order valence-corrected chi connectivity index (χ1v) is 3.85. The summed E-state index contributed by atoms with van der Waals surface area (Å²) >= 11 is 16.8. The van der Waals surface area contributed by atoms with Crippen molar-refractivity contribution in [2.24, 2.45) is 0 Å². The van der Waals surface area contributed by atoms with E-state index in [1.54, 1.807) is 7.05 Å². The summed E-state index contributed by atoms with van der Waals surface area (Å²) in [6.45, 7) is 0. The molecule has 0 amide bonds. The van der Waals surface area contributed by atoms with Crippen LogP contribution in [0.15, 0.2) is 0 Å². The molecule has 0 aliphatic heterocycles. The normalized spacial score (nSPS) is 9.82. The minimum Gasteiger partial charge on any atom is -0.372 e. The summed E-state index contributed by atoms with van der Waals surface area (Å²) in [5, 5.41) is 3.22. The highest BCUT2D eigenvalue weighted by Gasteiger charge is 2.07. The van der Waals surface area contributed by atoms with Gasteiger partial charge in [-0.3, -0.25) is 0 Å². The molecule has 0 radical (unpaired) electrons. The summed E-state index contributed by atoms with van der Waals surface area (Å²) in [5.74, 6) is 0.427. The predicted molar refractivity (Wildman–Crippen MR) is 46.6 cm³/mol. The van der Waals surface area contributed by atoms with Gasteiger partial charge in [0.25, 0.3) is 0 Å². The van der Waals surface area contributed by atoms with Gasteiger partial charge in [0.2, 0.25) is 5.28 Å². The lowest BCUT2D eigenvalue weighted by Gasteiger charge is -2.02. The topological polar surface area (TPSA) is 37.8 Å². The van der Waals surface area contributed by atoms with Crippen molar-refractivity contribution < 1.29 is 0 Å². The molecule has 0 aliphatic carbocycles. The van der Waals surface area contributed by atoms with Gasteiger partial charge in [0.05, 0.1) is 0 Å². The number of aromatic nitrogens is 2. The second-order valence-corrected chi connectivity index (χ2v) is 2.77. The number of nitrogens with one attached hydrogen (secondary N) is 1. The number of halogens is 3. The fourth-order valence-electron chi connectivity index (χ4n) is 0.560. The van der Waals surface area contributed by atoms with E-state index >= 15 is 0 Å². The lowest BCUT2D eigenvalue weighted by atomic mass is 10.6. The Hall–Kier alpha value is -0.250. The van der Waals surface area contributed by atoms with Crippen LogP contribution in [0.25, 0.3) is 0 Å². The molecule has 0 saturated heterocycles. The van der Waals surface area contributed by atoms with Gasteiger partial charge in [0, 0.05) is 7.05 Å². The van der Waals surface area contributed by atoms with Gasteiger partial charge in [-0.2, -0.15) is 4.98 Å². The average molecular weight is 212 g/mol. The van der Waals surface area contributed by atoms with Gasteiger partial charge in [-0.15, -0.1) is 0 Å². The van der Waals surface area contributed by atoms with Gasteiger partial charge in [0.1, 0.15) is 5.02 Å². The highest BCUT2D eigenvalue weighted by atomic mass is 35.5. The molecule has 3 nitrogen and oxygen atoms in total. The molecule has 1 heterocycles. The summed E-state index contributed by atoms with van der Waals surface area (Å²) in [5.41, 5.74) is 0. The smallest absolute Gasteiger partial charge is 0.225 e. The summed E-state index contributed by atoms with van der Waals surface area (Å²) in [6.07, 6.45) is 0. The SMILES string of the molecule is CNc1nc(Cl)nc(Cl)c1Cl. The summed E-state index contributed by atoms with van der Waals surface area (Å²) in [6, 6.07) is 0. The molecule has 11 heavy (non-hydrogen) atoms. The molecule has 0 fully saturated rings. The van der Waals surface area contributed by atoms with Crippen molar-refractivity contribution in [1.29, 1.82) is 0 Å². The fourth-order valence-corrected chi connectivity index (χ4v) is 1.12. The van der Waals surface area contributed by atoms with E-state index < -0.39 is 0 Å². The van der Waals surface area contributed by atoms with Crippen molar-refractivity contribution in [3.05, 3.63) is 15.5 Å². The van der Waals surface area contributed by atoms with E-state index in [-0.39, 0.29) is 15.5 Å². The van der Waals surface area contributed by atoms with Crippen LogP contribution in [0.2, 0.25) is 15.5 Å². The molecule has 1 aromatic rings. The number of hydrogen-bond donors (Lipinski definition) is 1. The first-order chi connectivity index (χ1) is 5.15. The third-order valence-electron chi connectivity index (χ3n) is 1.02. The van der Waals surface area contributed by atoms with Crippen LogP contribution < -0.4 is 5.32 Å². The van der Waals surface area contributed by atoms with Crippen LogP contribution in [0.3, 0.4) is 0 Å². The molecule has 1 N–H and O–H groups in total. The van der Waals surface area contributed by atoms with E-state index in [1.807, 2.05) is 0 Å². The second kappa shape index (κ2) is 3.43. The molecule has 1 rings (SSSR count). The Labute approximate surface area is 78.7 Å². The minimum atomic E-state index is 0.0729. The van der Waals surface area contributed by atoms with Crippen molar-refractivity contribution in [3.63, 3.8) is 0 Å². The Morgan fingerprint density at radius 1 is 1.18 bits per heavy atom. The Kier molecular flexibility index (Phi) is 2.76. The summed E-state index contributed by atoms with van der Waals surface area (Å²) in [4.78, 5) is 7.41. The minimum absolute atomic E-state index is 0.0729. The highest BCUT2D eigenvalue weighted by molar-refractivity contribution is 6.43. The van der Waals surface area contributed by atoms with Crippen LogP contribution in [-0.2, 0) is 0 Å². The molecule has 0 atom stereocenters. The number of rotatable bonds is 1. The summed E-state index contributed by atoms with van der Waals surface area (Å²) < 4.78 is 0. The monoisotopic (exact) mass is 211 g/mol. The zero-order valence-electron chi connectivity index (χ0n) is 5.53. The van der Waals surface area contributed by atoms with Crippen LogP contribution in [-0.4, -0.2) is 17.0 Å². The Morgan fingerprint density at radius 2 is 1.82 bits per heavy atom. The van der Waals surface area contributed by atoms with E-state index in [9.17, 15) is 0 Å². The third-order valence-corrected chi connectivity index (χ3v) is 1.92. The summed E-state index contributed by atoms with van der Waals surface area (Å²) in [7, 11) is 1.67. The van der Waals surface area contributed by atoms with Crippen molar-refractivity contribution in [1.82, 2.24) is 9.97 Å². The van der Waals surface area contributed by atoms with E-state index in [4.69, 9.17) is 34.8 Å². The maximum atomic E-state index is 5.69. The first-order valence-electron chi connectivity index (χ1n) is 2.71. The Bertz CT molecular complexity index is 276. The molecule has 60 valence electrons. The molecule has 0 aromatic carbocycles. The number of anilines is 1. The number of nitrogens with zero attached hydrogens (tertiary/aromatic N) is 2. The third kappa shape index (κ3) is 1.86. The van der Waals surface area contributed by atoms with Crippen LogP contribution in [0.4, 0.5) is 5.82 Å². The molecule has 0 unspecified atom stereocenters. The first kappa shape index (κ1) is 8.84. The Balaban J connectivity index is 3.24. The van der Waals surface area contributed by atoms with Crippen LogP contribution in [0.1, 0.15) is 0 Å². The quantitative estimate of drug-likeness (QED) is 0.574. The van der Waals surface area contributed by atoms with E-state index in [1.165, 1.54) is 0 Å². The lowest BCUT2D eigenvalue weighted by Crippen LogP contribution is -1.95.